The van der Waals surface area contributed by atoms with Crippen LogP contribution in [0.4, 0.5) is 0 Å². The van der Waals surface area contributed by atoms with E-state index in [-0.39, 0.29) is 29.5 Å². The van der Waals surface area contributed by atoms with Crippen molar-refractivity contribution in [2.45, 2.75) is 6.54 Å². The largest absolute Gasteiger partial charge is 0.582 e. The summed E-state index contributed by atoms with van der Waals surface area (Å²) in [5.41, 5.74) is 9.16. The molecular formula is C24H16N4O3S. The molecule has 0 fully saturated rings. The van der Waals surface area contributed by atoms with Crippen LogP contribution < -0.4 is 10.7 Å². The van der Waals surface area contributed by atoms with Gasteiger partial charge in [-0.1, -0.05) is 54.6 Å². The van der Waals surface area contributed by atoms with Crippen molar-refractivity contribution in [1.29, 1.82) is 0 Å². The molecule has 1 unspecified atom stereocenters. The molecule has 156 valence electrons. The summed E-state index contributed by atoms with van der Waals surface area (Å²) in [6, 6.07) is 20.6. The molecule has 3 aromatic carbocycles. The minimum atomic E-state index is -0.470. The van der Waals surface area contributed by atoms with Gasteiger partial charge in [-0.15, -0.1) is 11.3 Å². The maximum Gasteiger partial charge on any atom is 0.217 e. The number of rotatable bonds is 3. The molecule has 32 heavy (non-hydrogen) atoms. The number of allylic oxidation sites excluding steroid dienone is 2. The van der Waals surface area contributed by atoms with Crippen LogP contribution in [-0.4, -0.2) is 21.6 Å². The Hall–Kier alpha value is -3.85. The topological polar surface area (TPSA) is 89.8 Å². The van der Waals surface area contributed by atoms with E-state index in [9.17, 15) is 14.8 Å². The zero-order valence-electron chi connectivity index (χ0n) is 16.7. The predicted molar refractivity (Wildman–Crippen MR) is 120 cm³/mol. The number of ketones is 2. The molecule has 0 bridgehead atoms. The number of carbonyl (C=O) groups excluding carboxylic acids is 2. The van der Waals surface area contributed by atoms with Gasteiger partial charge in [-0.2, -0.15) is 10.3 Å². The summed E-state index contributed by atoms with van der Waals surface area (Å²) < 4.78 is 1.14. The number of thiazole rings is 1. The predicted octanol–water partition coefficient (Wildman–Crippen LogP) is 2.87. The van der Waals surface area contributed by atoms with Crippen LogP contribution >= 0.6 is 11.3 Å². The second-order valence-electron chi connectivity index (χ2n) is 7.68. The van der Waals surface area contributed by atoms with E-state index in [4.69, 9.17) is 0 Å². The van der Waals surface area contributed by atoms with Crippen molar-refractivity contribution in [2.24, 2.45) is 0 Å². The van der Waals surface area contributed by atoms with Crippen molar-refractivity contribution < 1.29 is 14.9 Å². The van der Waals surface area contributed by atoms with Gasteiger partial charge in [-0.3, -0.25) is 9.59 Å². The van der Waals surface area contributed by atoms with Crippen LogP contribution in [0, 0.1) is 5.21 Å². The maximum atomic E-state index is 13.1. The molecule has 6 rings (SSSR count). The fourth-order valence-electron chi connectivity index (χ4n) is 4.19. The highest BCUT2D eigenvalue weighted by molar-refractivity contribution is 7.16. The van der Waals surface area contributed by atoms with Crippen LogP contribution in [0.3, 0.4) is 0 Å². The van der Waals surface area contributed by atoms with Crippen molar-refractivity contribution in [1.82, 2.24) is 15.4 Å². The SMILES string of the molecule is O=C1C2=C(C(=O)c3ccccc31)N(Cc1ccc(-c3ccc4scnc4c3)cc1)[NH+]([O-])N2. The van der Waals surface area contributed by atoms with E-state index in [1.54, 1.807) is 35.6 Å². The van der Waals surface area contributed by atoms with Crippen LogP contribution in [0.25, 0.3) is 21.3 Å². The molecule has 0 spiro atoms. The molecular weight excluding hydrogens is 424 g/mol. The van der Waals surface area contributed by atoms with E-state index in [2.05, 4.69) is 28.6 Å². The van der Waals surface area contributed by atoms with Crippen LogP contribution in [0.1, 0.15) is 26.3 Å². The third kappa shape index (κ3) is 2.85. The molecule has 1 aromatic heterocycles. The van der Waals surface area contributed by atoms with E-state index >= 15 is 0 Å². The van der Waals surface area contributed by atoms with Gasteiger partial charge in [0, 0.05) is 11.1 Å². The second-order valence-corrected chi connectivity index (χ2v) is 8.56. The van der Waals surface area contributed by atoms with Crippen molar-refractivity contribution >= 4 is 33.1 Å². The molecule has 1 aliphatic heterocycles. The van der Waals surface area contributed by atoms with Gasteiger partial charge in [0.05, 0.1) is 22.3 Å². The third-order valence-electron chi connectivity index (χ3n) is 5.80. The Kier molecular flexibility index (Phi) is 4.19. The molecule has 0 amide bonds. The molecule has 7 nitrogen and oxygen atoms in total. The number of hydrogen-bond acceptors (Lipinski definition) is 7. The number of fused-ring (bicyclic) bond motifs is 2. The first-order valence-corrected chi connectivity index (χ1v) is 10.9. The fourth-order valence-corrected chi connectivity index (χ4v) is 4.84. The Morgan fingerprint density at radius 3 is 2.44 bits per heavy atom. The summed E-state index contributed by atoms with van der Waals surface area (Å²) in [4.78, 5) is 30.2. The first kappa shape index (κ1) is 18.9. The molecule has 0 radical (unpaired) electrons. The quantitative estimate of drug-likeness (QED) is 0.476. The summed E-state index contributed by atoms with van der Waals surface area (Å²) in [5, 5.41) is 13.5. The van der Waals surface area contributed by atoms with E-state index in [0.29, 0.717) is 11.1 Å². The lowest BCUT2D eigenvalue weighted by atomic mass is 9.90. The zero-order chi connectivity index (χ0) is 21.8. The molecule has 1 atom stereocenters. The Morgan fingerprint density at radius 2 is 1.66 bits per heavy atom. The molecule has 8 heteroatoms. The molecule has 1 aliphatic carbocycles. The number of nitrogens with one attached hydrogen (secondary N) is 2. The van der Waals surface area contributed by atoms with Gasteiger partial charge < -0.3 is 5.21 Å². The van der Waals surface area contributed by atoms with Crippen molar-refractivity contribution in [2.75, 3.05) is 0 Å². The molecule has 0 saturated heterocycles. The first-order chi connectivity index (χ1) is 15.6. The number of carbonyl (C=O) groups is 2. The highest BCUT2D eigenvalue weighted by Gasteiger charge is 2.43. The summed E-state index contributed by atoms with van der Waals surface area (Å²) in [5.74, 6) is -0.652. The van der Waals surface area contributed by atoms with Crippen LogP contribution in [0.5, 0.6) is 0 Å². The smallest absolute Gasteiger partial charge is 0.217 e. The van der Waals surface area contributed by atoms with E-state index in [0.717, 1.165) is 26.9 Å². The van der Waals surface area contributed by atoms with Crippen molar-refractivity contribution in [3.8, 4) is 11.1 Å². The first-order valence-electron chi connectivity index (χ1n) is 10.0. The minimum Gasteiger partial charge on any atom is -0.582 e. The molecule has 2 N–H and O–H groups in total. The number of benzene rings is 3. The molecule has 2 aliphatic rings. The number of Topliss-reactive ketones (excluding diaryl/α,β-unsaturated/α-hetero) is 2. The second kappa shape index (κ2) is 7.10. The summed E-state index contributed by atoms with van der Waals surface area (Å²) in [6.45, 7) is 0.192. The van der Waals surface area contributed by atoms with Crippen molar-refractivity contribution in [3.05, 3.63) is 106 Å². The number of aromatic nitrogens is 1. The van der Waals surface area contributed by atoms with Gasteiger partial charge in [0.25, 0.3) is 0 Å². The van der Waals surface area contributed by atoms with Crippen LogP contribution in [0.2, 0.25) is 0 Å². The van der Waals surface area contributed by atoms with Gasteiger partial charge >= 0.3 is 0 Å². The van der Waals surface area contributed by atoms with Crippen LogP contribution in [0.15, 0.2) is 83.6 Å². The maximum absolute atomic E-state index is 13.1. The number of quaternary nitrogens is 1. The molecule has 4 aromatic rings. The molecule has 0 saturated carbocycles. The van der Waals surface area contributed by atoms with Gasteiger partial charge in [0.15, 0.2) is 11.4 Å². The summed E-state index contributed by atoms with van der Waals surface area (Å²) >= 11 is 1.61. The normalized spacial score (nSPS) is 17.5. The van der Waals surface area contributed by atoms with E-state index < -0.39 is 5.28 Å². The highest BCUT2D eigenvalue weighted by atomic mass is 32.1. The minimum absolute atomic E-state index is 0.0619. The Balaban J connectivity index is 1.29. The van der Waals surface area contributed by atoms with Gasteiger partial charge in [0.1, 0.15) is 0 Å². The Labute approximate surface area is 186 Å². The van der Waals surface area contributed by atoms with Gasteiger partial charge in [-0.05, 0) is 28.8 Å². The van der Waals surface area contributed by atoms with E-state index in [1.807, 2.05) is 29.8 Å². The third-order valence-corrected chi connectivity index (χ3v) is 6.61. The average molecular weight is 440 g/mol. The monoisotopic (exact) mass is 440 g/mol. The van der Waals surface area contributed by atoms with Crippen molar-refractivity contribution in [3.63, 3.8) is 0 Å². The van der Waals surface area contributed by atoms with Gasteiger partial charge in [0.2, 0.25) is 11.6 Å². The lowest BCUT2D eigenvalue weighted by Crippen LogP contribution is -3.17. The van der Waals surface area contributed by atoms with Crippen LogP contribution in [-0.2, 0) is 6.54 Å². The van der Waals surface area contributed by atoms with E-state index in [1.165, 1.54) is 5.01 Å². The summed E-state index contributed by atoms with van der Waals surface area (Å²) in [7, 11) is 0. The Morgan fingerprint density at radius 1 is 0.938 bits per heavy atom. The fraction of sp³-hybridized carbons (Fsp3) is 0.0417. The lowest BCUT2D eigenvalue weighted by molar-refractivity contribution is -0.995. The average Bonchev–Trinajstić information content (AvgIpc) is 3.42. The zero-order valence-corrected chi connectivity index (χ0v) is 17.5. The number of hydrogen-bond donors (Lipinski definition) is 2. The molecule has 2 heterocycles. The lowest BCUT2D eigenvalue weighted by Gasteiger charge is -2.28. The standard InChI is InChI=1S/C24H16N4O3S/c29-23-17-3-1-2-4-18(17)24(30)22-21(23)26-28(31)27(22)12-14-5-7-15(8-6-14)16-9-10-20-19(11-16)25-13-32-20/h1-11,13,26,28H,12H2. The Bertz CT molecular complexity index is 1440. The highest BCUT2D eigenvalue weighted by Crippen LogP contribution is 2.29. The number of nitrogens with zero attached hydrogens (tertiary/aromatic N) is 2. The van der Waals surface area contributed by atoms with Gasteiger partial charge in [-0.25, -0.2) is 10.4 Å². The summed E-state index contributed by atoms with van der Waals surface area (Å²) in [6.07, 6.45) is 0.